The number of ether oxygens (including phenoxy) is 2. The Hall–Kier alpha value is -2.61. The third kappa shape index (κ3) is 6.09. The number of amides is 2. The van der Waals surface area contributed by atoms with Gasteiger partial charge in [-0.25, -0.2) is 4.79 Å². The number of carbonyl (C=O) groups excluding carboxylic acids is 3. The number of nitrogens with one attached hydrogen (secondary N) is 1. The summed E-state index contributed by atoms with van der Waals surface area (Å²) >= 11 is 0. The van der Waals surface area contributed by atoms with Gasteiger partial charge < -0.3 is 19.7 Å². The van der Waals surface area contributed by atoms with E-state index in [1.165, 1.54) is 0 Å². The van der Waals surface area contributed by atoms with Crippen LogP contribution in [0, 0.1) is 5.92 Å². The van der Waals surface area contributed by atoms with Crippen LogP contribution in [-0.4, -0.2) is 77.6 Å². The molecule has 2 aliphatic heterocycles. The average Bonchev–Trinajstić information content (AvgIpc) is 3.44. The summed E-state index contributed by atoms with van der Waals surface area (Å²) in [4.78, 5) is 41.3. The Bertz CT molecular complexity index is 906. The zero-order valence-electron chi connectivity index (χ0n) is 20.7. The first-order chi connectivity index (χ1) is 16.1. The Morgan fingerprint density at radius 1 is 1.09 bits per heavy atom. The van der Waals surface area contributed by atoms with Crippen LogP contribution < -0.4 is 10.1 Å². The van der Waals surface area contributed by atoms with E-state index in [0.29, 0.717) is 19.2 Å². The highest BCUT2D eigenvalue weighted by Crippen LogP contribution is 2.33. The van der Waals surface area contributed by atoms with Crippen molar-refractivity contribution in [2.24, 2.45) is 5.92 Å². The number of alkyl carbamates (subject to hydrolysis) is 1. The molecule has 3 aliphatic rings. The number of rotatable bonds is 9. The first-order valence-corrected chi connectivity index (χ1v) is 12.4. The number of likely N-dealkylation sites (tertiary alicyclic amines) is 2. The fourth-order valence-corrected chi connectivity index (χ4v) is 4.84. The van der Waals surface area contributed by atoms with Crippen molar-refractivity contribution in [3.8, 4) is 5.75 Å². The molecule has 2 bridgehead atoms. The van der Waals surface area contributed by atoms with Crippen molar-refractivity contribution >= 4 is 17.8 Å². The molecule has 2 saturated heterocycles. The molecule has 3 atom stereocenters. The molecule has 8 heteroatoms. The number of ketones is 1. The van der Waals surface area contributed by atoms with Crippen LogP contribution in [-0.2, 0) is 9.53 Å². The molecule has 34 heavy (non-hydrogen) atoms. The highest BCUT2D eigenvalue weighted by Gasteiger charge is 2.45. The lowest BCUT2D eigenvalue weighted by atomic mass is 10.1. The second kappa shape index (κ2) is 9.94. The number of hydrogen-bond donors (Lipinski definition) is 1. The van der Waals surface area contributed by atoms with E-state index >= 15 is 0 Å². The number of hydrogen-bond acceptors (Lipinski definition) is 6. The van der Waals surface area contributed by atoms with Crippen molar-refractivity contribution in [1.29, 1.82) is 0 Å². The van der Waals surface area contributed by atoms with Gasteiger partial charge in [-0.15, -0.1) is 0 Å². The molecule has 2 heterocycles. The predicted octanol–water partition coefficient (Wildman–Crippen LogP) is 3.25. The summed E-state index contributed by atoms with van der Waals surface area (Å²) in [5.74, 6) is 1.22. The van der Waals surface area contributed by atoms with Crippen LogP contribution in [0.4, 0.5) is 4.79 Å². The molecule has 4 rings (SSSR count). The number of nitrogens with zero attached hydrogens (tertiary/aromatic N) is 2. The van der Waals surface area contributed by atoms with Gasteiger partial charge in [-0.2, -0.15) is 0 Å². The van der Waals surface area contributed by atoms with Crippen molar-refractivity contribution in [3.63, 3.8) is 0 Å². The summed E-state index contributed by atoms with van der Waals surface area (Å²) in [5, 5.41) is 2.66. The zero-order chi connectivity index (χ0) is 24.5. The molecular weight excluding hydrogens is 434 g/mol. The second-order valence-corrected chi connectivity index (χ2v) is 10.8. The van der Waals surface area contributed by atoms with Gasteiger partial charge in [-0.1, -0.05) is 0 Å². The Balaban J connectivity index is 1.15. The van der Waals surface area contributed by atoms with Crippen molar-refractivity contribution in [1.82, 2.24) is 15.1 Å². The normalized spacial score (nSPS) is 23.0. The van der Waals surface area contributed by atoms with Crippen molar-refractivity contribution in [2.75, 3.05) is 26.2 Å². The summed E-state index contributed by atoms with van der Waals surface area (Å²) < 4.78 is 11.1. The highest BCUT2D eigenvalue weighted by molar-refractivity contribution is 5.99. The SMILES string of the molecule is C[C@@H](NC(=O)OC(C)(C)C)C(=O)N1C[C@H]2C[C@@H]1CN2CCCOc1ccc(C(=O)C2CC2)cc1. The third-order valence-electron chi connectivity index (χ3n) is 6.69. The lowest BCUT2D eigenvalue weighted by Crippen LogP contribution is -2.54. The molecule has 8 nitrogen and oxygen atoms in total. The maximum absolute atomic E-state index is 12.9. The molecule has 0 spiro atoms. The van der Waals surface area contributed by atoms with Crippen LogP contribution in [0.1, 0.15) is 63.7 Å². The van der Waals surface area contributed by atoms with Crippen LogP contribution in [0.25, 0.3) is 0 Å². The Morgan fingerprint density at radius 3 is 2.38 bits per heavy atom. The quantitative estimate of drug-likeness (QED) is 0.439. The molecule has 0 aromatic heterocycles. The first kappa shape index (κ1) is 24.5. The van der Waals surface area contributed by atoms with Crippen LogP contribution in [0.15, 0.2) is 24.3 Å². The monoisotopic (exact) mass is 471 g/mol. The Kier molecular flexibility index (Phi) is 7.17. The van der Waals surface area contributed by atoms with Gasteiger partial charge in [0.1, 0.15) is 17.4 Å². The van der Waals surface area contributed by atoms with Gasteiger partial charge in [0.25, 0.3) is 0 Å². The fourth-order valence-electron chi connectivity index (χ4n) is 4.84. The molecule has 2 amide bonds. The summed E-state index contributed by atoms with van der Waals surface area (Å²) in [6.07, 6.45) is 3.34. The lowest BCUT2D eigenvalue weighted by molar-refractivity contribution is -0.135. The lowest BCUT2D eigenvalue weighted by Gasteiger charge is -2.35. The van der Waals surface area contributed by atoms with Crippen molar-refractivity contribution in [2.45, 2.75) is 77.1 Å². The molecule has 1 saturated carbocycles. The summed E-state index contributed by atoms with van der Waals surface area (Å²) in [6.45, 7) is 10.2. The van der Waals surface area contributed by atoms with Crippen molar-refractivity contribution in [3.05, 3.63) is 29.8 Å². The summed E-state index contributed by atoms with van der Waals surface area (Å²) in [5.41, 5.74) is 0.181. The third-order valence-corrected chi connectivity index (χ3v) is 6.69. The zero-order valence-corrected chi connectivity index (χ0v) is 20.7. The van der Waals surface area contributed by atoms with E-state index in [2.05, 4.69) is 10.2 Å². The highest BCUT2D eigenvalue weighted by atomic mass is 16.6. The summed E-state index contributed by atoms with van der Waals surface area (Å²) in [7, 11) is 0. The molecule has 0 radical (unpaired) electrons. The maximum Gasteiger partial charge on any atom is 0.408 e. The van der Waals surface area contributed by atoms with Crippen molar-refractivity contribution < 1.29 is 23.9 Å². The molecule has 186 valence electrons. The molecule has 3 fully saturated rings. The molecule has 1 aromatic carbocycles. The topological polar surface area (TPSA) is 88.2 Å². The van der Waals surface area contributed by atoms with E-state index in [9.17, 15) is 14.4 Å². The van der Waals surface area contributed by atoms with E-state index in [-0.39, 0.29) is 23.7 Å². The minimum atomic E-state index is -0.609. The number of benzene rings is 1. The minimum absolute atomic E-state index is 0.0510. The number of carbonyl (C=O) groups is 3. The number of piperazine rings is 1. The average molecular weight is 472 g/mol. The molecule has 0 unspecified atom stereocenters. The van der Waals surface area contributed by atoms with Gasteiger partial charge in [0.15, 0.2) is 5.78 Å². The Morgan fingerprint density at radius 2 is 1.79 bits per heavy atom. The van der Waals surface area contributed by atoms with Gasteiger partial charge in [-0.05, 0) is 77.6 Å². The predicted molar refractivity (Wildman–Crippen MR) is 128 cm³/mol. The molecule has 1 N–H and O–H groups in total. The van der Waals surface area contributed by atoms with Gasteiger partial charge >= 0.3 is 6.09 Å². The first-order valence-electron chi connectivity index (χ1n) is 12.4. The van der Waals surface area contributed by atoms with E-state index in [1.807, 2.05) is 29.2 Å². The number of Topliss-reactive ketones (excluding diaryl/α,β-unsaturated/α-hetero) is 1. The van der Waals surface area contributed by atoms with E-state index in [4.69, 9.17) is 9.47 Å². The largest absolute Gasteiger partial charge is 0.494 e. The number of fused-ring (bicyclic) bond motifs is 2. The van der Waals surface area contributed by atoms with E-state index in [1.54, 1.807) is 27.7 Å². The maximum atomic E-state index is 12.9. The molecule has 1 aliphatic carbocycles. The Labute approximate surface area is 201 Å². The van der Waals surface area contributed by atoms with Crippen LogP contribution >= 0.6 is 0 Å². The fraction of sp³-hybridized carbons (Fsp3) is 0.654. The van der Waals surface area contributed by atoms with Gasteiger partial charge in [-0.3, -0.25) is 14.5 Å². The van der Waals surface area contributed by atoms with Crippen LogP contribution in [0.2, 0.25) is 0 Å². The van der Waals surface area contributed by atoms with E-state index in [0.717, 1.165) is 50.1 Å². The smallest absolute Gasteiger partial charge is 0.408 e. The van der Waals surface area contributed by atoms with Crippen LogP contribution in [0.3, 0.4) is 0 Å². The van der Waals surface area contributed by atoms with Gasteiger partial charge in [0.2, 0.25) is 5.91 Å². The van der Waals surface area contributed by atoms with E-state index < -0.39 is 17.7 Å². The standard InChI is InChI=1S/C26H37N3O5/c1-17(27-25(32)34-26(2,3)4)24(31)29-16-20-14-21(29)15-28(20)12-5-13-33-22-10-8-19(9-11-22)23(30)18-6-7-18/h8-11,17-18,20-21H,5-7,12-16H2,1-4H3,(H,27,32)/t17-,20-,21-/m1/s1. The second-order valence-electron chi connectivity index (χ2n) is 10.8. The van der Waals surface area contributed by atoms with Gasteiger partial charge in [0, 0.05) is 43.2 Å². The minimum Gasteiger partial charge on any atom is -0.494 e. The molecule has 1 aromatic rings. The van der Waals surface area contributed by atoms with Crippen LogP contribution in [0.5, 0.6) is 5.75 Å². The summed E-state index contributed by atoms with van der Waals surface area (Å²) in [6, 6.07) is 7.42. The van der Waals surface area contributed by atoms with Gasteiger partial charge in [0.05, 0.1) is 6.61 Å². The molecular formula is C26H37N3O5.